The number of hydrogen-bond donors (Lipinski definition) is 3. The van der Waals surface area contributed by atoms with Gasteiger partial charge in [-0.2, -0.15) is 10.2 Å². The first-order valence-corrected chi connectivity index (χ1v) is 9.61. The summed E-state index contributed by atoms with van der Waals surface area (Å²) in [5.41, 5.74) is 7.42. The van der Waals surface area contributed by atoms with E-state index in [0.717, 1.165) is 12.1 Å². The second-order valence-electron chi connectivity index (χ2n) is 7.01. The third kappa shape index (κ3) is 4.90. The lowest BCUT2D eigenvalue weighted by Gasteiger charge is -2.09. The molecule has 0 aliphatic heterocycles. The van der Waals surface area contributed by atoms with Crippen LogP contribution in [0.5, 0.6) is 5.75 Å². The standard InChI is InChI=1S/C20H16F3N7O4/c21-20(22,23)34-13-3-1-12(2-4-13)30-18-17(15(28-30)8-26-19(32)33)14(5-6-25-18)11-7-27-29(9-11)10-16(24)31/h1-7,9,26H,8,10H2,(H2,24,31)(H,32,33). The van der Waals surface area contributed by atoms with Crippen LogP contribution in [0.3, 0.4) is 0 Å². The second-order valence-corrected chi connectivity index (χ2v) is 7.01. The molecule has 4 rings (SSSR count). The molecule has 2 amide bonds. The SMILES string of the molecule is NC(=O)Cn1cc(-c2ccnc3c2c(CNC(=O)O)nn3-c2ccc(OC(F)(F)F)cc2)cn1. The molecule has 0 spiro atoms. The van der Waals surface area contributed by atoms with Crippen LogP contribution in [-0.4, -0.2) is 48.0 Å². The minimum Gasteiger partial charge on any atom is -0.465 e. The number of pyridine rings is 1. The van der Waals surface area contributed by atoms with Gasteiger partial charge in [-0.1, -0.05) is 0 Å². The first kappa shape index (κ1) is 22.6. The maximum absolute atomic E-state index is 12.5. The highest BCUT2D eigenvalue weighted by Gasteiger charge is 2.31. The van der Waals surface area contributed by atoms with E-state index in [9.17, 15) is 22.8 Å². The van der Waals surface area contributed by atoms with Gasteiger partial charge >= 0.3 is 12.5 Å². The van der Waals surface area contributed by atoms with Crippen molar-refractivity contribution in [1.29, 1.82) is 0 Å². The van der Waals surface area contributed by atoms with Crippen molar-refractivity contribution in [2.24, 2.45) is 5.73 Å². The van der Waals surface area contributed by atoms with Gasteiger partial charge < -0.3 is 20.9 Å². The first-order chi connectivity index (χ1) is 16.1. The highest BCUT2D eigenvalue weighted by Crippen LogP contribution is 2.32. The van der Waals surface area contributed by atoms with E-state index in [-0.39, 0.29) is 13.1 Å². The van der Waals surface area contributed by atoms with Crippen LogP contribution in [0.2, 0.25) is 0 Å². The number of fused-ring (bicyclic) bond motifs is 1. The van der Waals surface area contributed by atoms with Crippen molar-refractivity contribution in [2.75, 3.05) is 0 Å². The number of aromatic nitrogens is 5. The quantitative estimate of drug-likeness (QED) is 0.371. The van der Waals surface area contributed by atoms with Crippen molar-refractivity contribution < 1.29 is 32.6 Å². The van der Waals surface area contributed by atoms with Crippen LogP contribution in [0.4, 0.5) is 18.0 Å². The number of rotatable bonds is 7. The normalized spacial score (nSPS) is 11.5. The Kier molecular flexibility index (Phi) is 5.79. The molecule has 3 aromatic heterocycles. The van der Waals surface area contributed by atoms with E-state index in [1.807, 2.05) is 0 Å². The number of ether oxygens (including phenoxy) is 1. The van der Waals surface area contributed by atoms with E-state index in [1.54, 1.807) is 12.3 Å². The molecule has 0 saturated carbocycles. The second kappa shape index (κ2) is 8.73. The molecule has 0 aliphatic rings. The van der Waals surface area contributed by atoms with Crippen molar-refractivity contribution in [1.82, 2.24) is 29.9 Å². The predicted octanol–water partition coefficient (Wildman–Crippen LogP) is 2.44. The fourth-order valence-electron chi connectivity index (χ4n) is 3.36. The summed E-state index contributed by atoms with van der Waals surface area (Å²) in [6.45, 7) is -0.296. The van der Waals surface area contributed by atoms with Crippen LogP contribution in [0.25, 0.3) is 27.8 Å². The zero-order chi connectivity index (χ0) is 24.5. The number of nitrogens with two attached hydrogens (primary N) is 1. The molecule has 0 bridgehead atoms. The summed E-state index contributed by atoms with van der Waals surface area (Å²) < 4.78 is 44.0. The largest absolute Gasteiger partial charge is 0.573 e. The summed E-state index contributed by atoms with van der Waals surface area (Å²) in [6.07, 6.45) is -1.50. The van der Waals surface area contributed by atoms with Crippen LogP contribution in [0, 0.1) is 0 Å². The van der Waals surface area contributed by atoms with Crippen LogP contribution in [0.15, 0.2) is 48.9 Å². The van der Waals surface area contributed by atoms with Crippen LogP contribution >= 0.6 is 0 Å². The Balaban J connectivity index is 1.81. The fraction of sp³-hybridized carbons (Fsp3) is 0.150. The maximum atomic E-state index is 12.5. The number of halogens is 3. The average molecular weight is 475 g/mol. The van der Waals surface area contributed by atoms with Gasteiger partial charge in [0.05, 0.1) is 29.5 Å². The summed E-state index contributed by atoms with van der Waals surface area (Å²) in [5.74, 6) is -0.984. The van der Waals surface area contributed by atoms with Crippen LogP contribution in [-0.2, 0) is 17.9 Å². The minimum absolute atomic E-state index is 0.132. The van der Waals surface area contributed by atoms with Crippen LogP contribution < -0.4 is 15.8 Å². The van der Waals surface area contributed by atoms with Gasteiger partial charge in [-0.25, -0.2) is 14.5 Å². The smallest absolute Gasteiger partial charge is 0.465 e. The lowest BCUT2D eigenvalue weighted by molar-refractivity contribution is -0.274. The molecule has 4 aromatic rings. The molecule has 3 heterocycles. The molecule has 176 valence electrons. The molecule has 0 fully saturated rings. The molecule has 14 heteroatoms. The number of carboxylic acid groups (broad SMARTS) is 1. The fourth-order valence-corrected chi connectivity index (χ4v) is 3.36. The van der Waals surface area contributed by atoms with Crippen LogP contribution in [0.1, 0.15) is 5.69 Å². The molecule has 0 saturated heterocycles. The monoisotopic (exact) mass is 475 g/mol. The molecular weight excluding hydrogens is 459 g/mol. The first-order valence-electron chi connectivity index (χ1n) is 9.61. The number of nitrogens with one attached hydrogen (secondary N) is 1. The number of carbonyl (C=O) groups is 2. The number of carbonyl (C=O) groups excluding carboxylic acids is 1. The summed E-state index contributed by atoms with van der Waals surface area (Å²) in [6, 6.07) is 6.65. The minimum atomic E-state index is -4.83. The Morgan fingerprint density at radius 2 is 1.91 bits per heavy atom. The maximum Gasteiger partial charge on any atom is 0.573 e. The third-order valence-electron chi connectivity index (χ3n) is 4.62. The molecule has 0 atom stereocenters. The van der Waals surface area contributed by atoms with Crippen molar-refractivity contribution in [3.8, 4) is 22.6 Å². The van der Waals surface area contributed by atoms with E-state index >= 15 is 0 Å². The van der Waals surface area contributed by atoms with Gasteiger partial charge in [0.1, 0.15) is 12.3 Å². The highest BCUT2D eigenvalue weighted by molar-refractivity contribution is 5.95. The van der Waals surface area contributed by atoms with E-state index in [0.29, 0.717) is 33.5 Å². The van der Waals surface area contributed by atoms with Gasteiger partial charge in [-0.3, -0.25) is 9.48 Å². The number of primary amides is 1. The van der Waals surface area contributed by atoms with Crippen molar-refractivity contribution in [3.05, 3.63) is 54.6 Å². The van der Waals surface area contributed by atoms with E-state index in [2.05, 4.69) is 25.2 Å². The lowest BCUT2D eigenvalue weighted by atomic mass is 10.1. The molecule has 34 heavy (non-hydrogen) atoms. The molecule has 1 aromatic carbocycles. The van der Waals surface area contributed by atoms with Crippen molar-refractivity contribution in [3.63, 3.8) is 0 Å². The number of nitrogens with zero attached hydrogens (tertiary/aromatic N) is 5. The van der Waals surface area contributed by atoms with E-state index in [1.165, 1.54) is 33.9 Å². The average Bonchev–Trinajstić information content (AvgIpc) is 3.36. The van der Waals surface area contributed by atoms with Gasteiger partial charge in [-0.15, -0.1) is 13.2 Å². The van der Waals surface area contributed by atoms with Crippen molar-refractivity contribution >= 4 is 23.0 Å². The lowest BCUT2D eigenvalue weighted by Crippen LogP contribution is -2.20. The van der Waals surface area contributed by atoms with Gasteiger partial charge in [0.2, 0.25) is 5.91 Å². The van der Waals surface area contributed by atoms with E-state index in [4.69, 9.17) is 10.8 Å². The number of alkyl halides is 3. The number of hydrogen-bond acceptors (Lipinski definition) is 6. The molecule has 0 unspecified atom stereocenters. The molecule has 0 radical (unpaired) electrons. The number of amides is 2. The Morgan fingerprint density at radius 1 is 1.18 bits per heavy atom. The van der Waals surface area contributed by atoms with Gasteiger partial charge in [0.15, 0.2) is 5.65 Å². The highest BCUT2D eigenvalue weighted by atomic mass is 19.4. The number of benzene rings is 1. The molecule has 11 nitrogen and oxygen atoms in total. The molecule has 4 N–H and O–H groups in total. The molecular formula is C20H16F3N7O4. The summed E-state index contributed by atoms with van der Waals surface area (Å²) >= 11 is 0. The van der Waals surface area contributed by atoms with Gasteiger partial charge in [0, 0.05) is 18.0 Å². The Morgan fingerprint density at radius 3 is 2.56 bits per heavy atom. The summed E-state index contributed by atoms with van der Waals surface area (Å²) in [7, 11) is 0. The molecule has 0 aliphatic carbocycles. The summed E-state index contributed by atoms with van der Waals surface area (Å²) in [4.78, 5) is 26.6. The zero-order valence-corrected chi connectivity index (χ0v) is 17.2. The van der Waals surface area contributed by atoms with Crippen molar-refractivity contribution in [2.45, 2.75) is 19.5 Å². The predicted molar refractivity (Wildman–Crippen MR) is 111 cm³/mol. The Bertz CT molecular complexity index is 1360. The topological polar surface area (TPSA) is 150 Å². The Hall–Kier alpha value is -4.62. The van der Waals surface area contributed by atoms with Gasteiger partial charge in [0.25, 0.3) is 0 Å². The third-order valence-corrected chi connectivity index (χ3v) is 4.62. The zero-order valence-electron chi connectivity index (χ0n) is 17.2. The Labute approximate surface area is 188 Å². The van der Waals surface area contributed by atoms with E-state index < -0.39 is 24.1 Å². The summed E-state index contributed by atoms with van der Waals surface area (Å²) in [5, 5.41) is 20.3. The van der Waals surface area contributed by atoms with Gasteiger partial charge in [-0.05, 0) is 35.9 Å².